The molecular formula is C16H15N3OS. The maximum atomic E-state index is 12.1. The van der Waals surface area contributed by atoms with Crippen LogP contribution >= 0.6 is 11.3 Å². The van der Waals surface area contributed by atoms with Gasteiger partial charge in [0.25, 0.3) is 5.91 Å². The highest BCUT2D eigenvalue weighted by Gasteiger charge is 2.10. The Morgan fingerprint density at radius 3 is 2.81 bits per heavy atom. The van der Waals surface area contributed by atoms with Gasteiger partial charge in [-0.05, 0) is 24.4 Å². The van der Waals surface area contributed by atoms with E-state index in [2.05, 4.69) is 15.5 Å². The molecule has 3 rings (SSSR count). The molecule has 0 saturated heterocycles. The number of nitrogens with one attached hydrogen (secondary N) is 2. The lowest BCUT2D eigenvalue weighted by Gasteiger charge is -2.00. The third-order valence-electron chi connectivity index (χ3n) is 3.17. The minimum Gasteiger partial charge on any atom is -0.346 e. The van der Waals surface area contributed by atoms with Crippen molar-refractivity contribution in [2.24, 2.45) is 0 Å². The van der Waals surface area contributed by atoms with E-state index in [-0.39, 0.29) is 5.91 Å². The van der Waals surface area contributed by atoms with Gasteiger partial charge in [-0.25, -0.2) is 0 Å². The van der Waals surface area contributed by atoms with E-state index in [4.69, 9.17) is 0 Å². The van der Waals surface area contributed by atoms with Crippen LogP contribution < -0.4 is 5.32 Å². The average molecular weight is 297 g/mol. The Morgan fingerprint density at radius 1 is 1.29 bits per heavy atom. The van der Waals surface area contributed by atoms with Crippen molar-refractivity contribution in [1.82, 2.24) is 15.5 Å². The quantitative estimate of drug-likeness (QED) is 0.775. The molecule has 21 heavy (non-hydrogen) atoms. The molecule has 0 radical (unpaired) electrons. The first-order valence-corrected chi connectivity index (χ1v) is 7.53. The predicted octanol–water partition coefficient (Wildman–Crippen LogP) is 3.38. The first-order valence-electron chi connectivity index (χ1n) is 6.65. The molecule has 0 bridgehead atoms. The van der Waals surface area contributed by atoms with Gasteiger partial charge in [-0.2, -0.15) is 5.10 Å². The van der Waals surface area contributed by atoms with E-state index in [9.17, 15) is 4.79 Å². The number of thiophene rings is 1. The normalized spacial score (nSPS) is 10.5. The molecule has 1 aromatic carbocycles. The van der Waals surface area contributed by atoms with Gasteiger partial charge in [0.15, 0.2) is 0 Å². The fourth-order valence-electron chi connectivity index (χ4n) is 1.99. The second-order valence-corrected chi connectivity index (χ2v) is 5.83. The predicted molar refractivity (Wildman–Crippen MR) is 84.2 cm³/mol. The smallest absolute Gasteiger partial charge is 0.269 e. The molecule has 5 heteroatoms. The third kappa shape index (κ3) is 3.20. The van der Waals surface area contributed by atoms with E-state index in [0.29, 0.717) is 12.2 Å². The average Bonchev–Trinajstić information content (AvgIpc) is 3.17. The Kier molecular flexibility index (Phi) is 3.83. The van der Waals surface area contributed by atoms with Gasteiger partial charge in [-0.1, -0.05) is 35.9 Å². The number of aromatic amines is 1. The van der Waals surface area contributed by atoms with Crippen LogP contribution in [0.25, 0.3) is 11.3 Å². The summed E-state index contributed by atoms with van der Waals surface area (Å²) in [5.41, 5.74) is 3.44. The lowest BCUT2D eigenvalue weighted by atomic mass is 10.1. The minimum absolute atomic E-state index is 0.144. The van der Waals surface area contributed by atoms with E-state index < -0.39 is 0 Å². The van der Waals surface area contributed by atoms with Crippen LogP contribution in [0.1, 0.15) is 20.9 Å². The Bertz CT molecular complexity index is 729. The van der Waals surface area contributed by atoms with Crippen LogP contribution in [0.3, 0.4) is 0 Å². The highest BCUT2D eigenvalue weighted by Crippen LogP contribution is 2.18. The van der Waals surface area contributed by atoms with Gasteiger partial charge in [0.1, 0.15) is 5.69 Å². The largest absolute Gasteiger partial charge is 0.346 e. The number of carbonyl (C=O) groups excluding carboxylic acids is 1. The molecule has 0 saturated carbocycles. The van der Waals surface area contributed by atoms with Crippen LogP contribution in [0.5, 0.6) is 0 Å². The number of aromatic nitrogens is 2. The van der Waals surface area contributed by atoms with Crippen LogP contribution in [-0.2, 0) is 6.54 Å². The maximum Gasteiger partial charge on any atom is 0.269 e. The summed E-state index contributed by atoms with van der Waals surface area (Å²) >= 11 is 1.62. The molecule has 0 fully saturated rings. The van der Waals surface area contributed by atoms with Gasteiger partial charge in [-0.15, -0.1) is 11.3 Å². The summed E-state index contributed by atoms with van der Waals surface area (Å²) < 4.78 is 0. The van der Waals surface area contributed by atoms with Crippen LogP contribution in [0.15, 0.2) is 47.8 Å². The lowest BCUT2D eigenvalue weighted by molar-refractivity contribution is 0.0946. The second kappa shape index (κ2) is 5.93. The molecule has 2 aromatic heterocycles. The zero-order chi connectivity index (χ0) is 14.7. The zero-order valence-electron chi connectivity index (χ0n) is 11.6. The molecule has 0 aliphatic rings. The first-order chi connectivity index (χ1) is 10.2. The highest BCUT2D eigenvalue weighted by molar-refractivity contribution is 7.09. The standard InChI is InChI=1S/C16H15N3OS/c1-11-4-6-12(7-5-11)14-9-15(19-18-14)16(20)17-10-13-3-2-8-21-13/h2-9H,10H2,1H3,(H,17,20)(H,18,19). The molecule has 3 aromatic rings. The van der Waals surface area contributed by atoms with Crippen molar-refractivity contribution in [3.05, 3.63) is 64.0 Å². The van der Waals surface area contributed by atoms with Gasteiger partial charge in [0, 0.05) is 10.4 Å². The number of carbonyl (C=O) groups is 1. The number of benzene rings is 1. The summed E-state index contributed by atoms with van der Waals surface area (Å²) in [4.78, 5) is 13.2. The maximum absolute atomic E-state index is 12.1. The third-order valence-corrected chi connectivity index (χ3v) is 4.05. The molecule has 2 N–H and O–H groups in total. The summed E-state index contributed by atoms with van der Waals surface area (Å²) in [5.74, 6) is -0.144. The topological polar surface area (TPSA) is 57.8 Å². The molecule has 2 heterocycles. The van der Waals surface area contributed by atoms with Crippen molar-refractivity contribution < 1.29 is 4.79 Å². The number of rotatable bonds is 4. The van der Waals surface area contributed by atoms with Crippen molar-refractivity contribution in [2.75, 3.05) is 0 Å². The van der Waals surface area contributed by atoms with Crippen LogP contribution in [0, 0.1) is 6.92 Å². The number of amides is 1. The molecule has 4 nitrogen and oxygen atoms in total. The molecule has 0 aliphatic heterocycles. The van der Waals surface area contributed by atoms with Crippen molar-refractivity contribution >= 4 is 17.2 Å². The number of hydrogen-bond donors (Lipinski definition) is 2. The molecule has 0 aliphatic carbocycles. The van der Waals surface area contributed by atoms with E-state index in [1.54, 1.807) is 17.4 Å². The highest BCUT2D eigenvalue weighted by atomic mass is 32.1. The summed E-state index contributed by atoms with van der Waals surface area (Å²) in [6, 6.07) is 13.8. The number of nitrogens with zero attached hydrogens (tertiary/aromatic N) is 1. The van der Waals surface area contributed by atoms with Crippen LogP contribution in [0.2, 0.25) is 0 Å². The summed E-state index contributed by atoms with van der Waals surface area (Å²) in [6.45, 7) is 2.58. The van der Waals surface area contributed by atoms with Crippen LogP contribution in [0.4, 0.5) is 0 Å². The second-order valence-electron chi connectivity index (χ2n) is 4.79. The number of H-pyrrole nitrogens is 1. The van der Waals surface area contributed by atoms with Crippen LogP contribution in [-0.4, -0.2) is 16.1 Å². The minimum atomic E-state index is -0.144. The van der Waals surface area contributed by atoms with Crippen molar-refractivity contribution in [1.29, 1.82) is 0 Å². The SMILES string of the molecule is Cc1ccc(-c2cc(C(=O)NCc3cccs3)[nH]n2)cc1. The molecule has 106 valence electrons. The Labute approximate surface area is 126 Å². The lowest BCUT2D eigenvalue weighted by Crippen LogP contribution is -2.22. The molecular weight excluding hydrogens is 282 g/mol. The Hall–Kier alpha value is -2.40. The van der Waals surface area contributed by atoms with E-state index >= 15 is 0 Å². The van der Waals surface area contributed by atoms with Gasteiger partial charge in [0.2, 0.25) is 0 Å². The van der Waals surface area contributed by atoms with Gasteiger partial charge in [0.05, 0.1) is 12.2 Å². The summed E-state index contributed by atoms with van der Waals surface area (Å²) in [6.07, 6.45) is 0. The summed E-state index contributed by atoms with van der Waals surface area (Å²) in [5, 5.41) is 11.9. The first kappa shape index (κ1) is 13.6. The van der Waals surface area contributed by atoms with Gasteiger partial charge < -0.3 is 5.32 Å². The molecule has 1 amide bonds. The zero-order valence-corrected chi connectivity index (χ0v) is 12.4. The number of aryl methyl sites for hydroxylation is 1. The number of hydrogen-bond acceptors (Lipinski definition) is 3. The fraction of sp³-hybridized carbons (Fsp3) is 0.125. The van der Waals surface area contributed by atoms with E-state index in [1.807, 2.05) is 48.7 Å². The van der Waals surface area contributed by atoms with Gasteiger partial charge in [-0.3, -0.25) is 9.89 Å². The van der Waals surface area contributed by atoms with Crippen molar-refractivity contribution in [3.63, 3.8) is 0 Å². The summed E-state index contributed by atoms with van der Waals surface area (Å²) in [7, 11) is 0. The van der Waals surface area contributed by atoms with E-state index in [0.717, 1.165) is 16.1 Å². The van der Waals surface area contributed by atoms with Crippen molar-refractivity contribution in [2.45, 2.75) is 13.5 Å². The molecule has 0 atom stereocenters. The molecule has 0 unspecified atom stereocenters. The Morgan fingerprint density at radius 2 is 2.10 bits per heavy atom. The molecule has 0 spiro atoms. The fourth-order valence-corrected chi connectivity index (χ4v) is 2.63. The Balaban J connectivity index is 1.69. The van der Waals surface area contributed by atoms with Gasteiger partial charge >= 0.3 is 0 Å². The van der Waals surface area contributed by atoms with E-state index in [1.165, 1.54) is 5.56 Å². The van der Waals surface area contributed by atoms with Crippen molar-refractivity contribution in [3.8, 4) is 11.3 Å². The monoisotopic (exact) mass is 297 g/mol.